The summed E-state index contributed by atoms with van der Waals surface area (Å²) in [5.74, 6) is 0.921. The van der Waals surface area contributed by atoms with Gasteiger partial charge in [-0.15, -0.1) is 0 Å². The maximum Gasteiger partial charge on any atom is 0.142 e. The minimum atomic E-state index is 0.921. The molecule has 0 spiro atoms. The number of pyridine rings is 1. The molecule has 0 aromatic carbocycles. The molecule has 0 unspecified atom stereocenters. The molecule has 0 atom stereocenters. The van der Waals surface area contributed by atoms with Gasteiger partial charge in [0.25, 0.3) is 0 Å². The van der Waals surface area contributed by atoms with Crippen LogP contribution in [-0.4, -0.2) is 19.1 Å². The number of hydrogen-bond donors (Lipinski definition) is 1. The Kier molecular flexibility index (Phi) is 2.23. The van der Waals surface area contributed by atoms with Crippen LogP contribution in [0.2, 0.25) is 0 Å². The Labute approximate surface area is 60.7 Å². The summed E-state index contributed by atoms with van der Waals surface area (Å²) in [7, 11) is 3.77. The van der Waals surface area contributed by atoms with E-state index in [0.29, 0.717) is 0 Å². The van der Waals surface area contributed by atoms with Crippen molar-refractivity contribution in [3.63, 3.8) is 0 Å². The van der Waals surface area contributed by atoms with Gasteiger partial charge in [0.2, 0.25) is 0 Å². The van der Waals surface area contributed by atoms with E-state index in [0.717, 1.165) is 5.82 Å². The van der Waals surface area contributed by atoms with Crippen LogP contribution in [0.15, 0.2) is 24.4 Å². The van der Waals surface area contributed by atoms with Gasteiger partial charge in [-0.1, -0.05) is 6.07 Å². The zero-order valence-corrected chi connectivity index (χ0v) is 6.20. The van der Waals surface area contributed by atoms with Gasteiger partial charge in [-0.3, -0.25) is 5.01 Å². The Balaban J connectivity index is 2.75. The molecule has 3 heteroatoms. The van der Waals surface area contributed by atoms with Crippen molar-refractivity contribution in [2.24, 2.45) is 0 Å². The summed E-state index contributed by atoms with van der Waals surface area (Å²) in [6, 6.07) is 5.79. The van der Waals surface area contributed by atoms with Crippen LogP contribution in [0, 0.1) is 0 Å². The van der Waals surface area contributed by atoms with Crippen LogP contribution in [-0.2, 0) is 0 Å². The van der Waals surface area contributed by atoms with E-state index in [4.69, 9.17) is 0 Å². The van der Waals surface area contributed by atoms with Gasteiger partial charge in [0, 0.05) is 20.3 Å². The van der Waals surface area contributed by atoms with Crippen molar-refractivity contribution in [1.29, 1.82) is 0 Å². The third kappa shape index (κ3) is 1.45. The Morgan fingerprint density at radius 2 is 2.30 bits per heavy atom. The van der Waals surface area contributed by atoms with Gasteiger partial charge in [-0.2, -0.15) is 0 Å². The number of nitrogens with one attached hydrogen (secondary N) is 1. The highest BCUT2D eigenvalue weighted by Crippen LogP contribution is 2.01. The Morgan fingerprint density at radius 3 is 2.80 bits per heavy atom. The molecule has 0 bridgehead atoms. The number of anilines is 1. The summed E-state index contributed by atoms with van der Waals surface area (Å²) >= 11 is 0. The van der Waals surface area contributed by atoms with Crippen molar-refractivity contribution in [2.75, 3.05) is 19.1 Å². The van der Waals surface area contributed by atoms with Gasteiger partial charge < -0.3 is 0 Å². The number of aromatic nitrogens is 1. The molecule has 0 saturated heterocycles. The maximum atomic E-state index is 4.11. The van der Waals surface area contributed by atoms with Crippen molar-refractivity contribution in [2.45, 2.75) is 0 Å². The van der Waals surface area contributed by atoms with Crippen LogP contribution >= 0.6 is 0 Å². The van der Waals surface area contributed by atoms with Gasteiger partial charge in [-0.05, 0) is 12.1 Å². The molecule has 0 aliphatic rings. The third-order valence-electron chi connectivity index (χ3n) is 1.33. The molecular weight excluding hydrogens is 126 g/mol. The SMILES string of the molecule is CNN(C)c1ccccn1. The first kappa shape index (κ1) is 7.02. The molecule has 1 aromatic rings. The van der Waals surface area contributed by atoms with E-state index in [2.05, 4.69) is 10.4 Å². The van der Waals surface area contributed by atoms with Crippen molar-refractivity contribution in [3.8, 4) is 0 Å². The van der Waals surface area contributed by atoms with Gasteiger partial charge in [-0.25, -0.2) is 10.4 Å². The quantitative estimate of drug-likeness (QED) is 0.607. The lowest BCUT2D eigenvalue weighted by molar-refractivity contribution is 0.776. The van der Waals surface area contributed by atoms with Crippen LogP contribution in [0.5, 0.6) is 0 Å². The first-order valence-electron chi connectivity index (χ1n) is 3.16. The highest BCUT2D eigenvalue weighted by Gasteiger charge is 1.94. The van der Waals surface area contributed by atoms with E-state index in [-0.39, 0.29) is 0 Å². The minimum Gasteiger partial charge on any atom is -0.296 e. The second kappa shape index (κ2) is 3.17. The smallest absolute Gasteiger partial charge is 0.142 e. The third-order valence-corrected chi connectivity index (χ3v) is 1.33. The van der Waals surface area contributed by atoms with Crippen LogP contribution < -0.4 is 10.4 Å². The molecule has 54 valence electrons. The largest absolute Gasteiger partial charge is 0.296 e. The Bertz CT molecular complexity index is 185. The molecule has 1 heterocycles. The van der Waals surface area contributed by atoms with Crippen molar-refractivity contribution < 1.29 is 0 Å². The Hall–Kier alpha value is -1.09. The fraction of sp³-hybridized carbons (Fsp3) is 0.286. The predicted octanol–water partition coefficient (Wildman–Crippen LogP) is 0.652. The van der Waals surface area contributed by atoms with Crippen LogP contribution in [0.3, 0.4) is 0 Å². The molecule has 0 aliphatic heterocycles. The average Bonchev–Trinajstić information content (AvgIpc) is 2.05. The zero-order chi connectivity index (χ0) is 7.40. The van der Waals surface area contributed by atoms with E-state index < -0.39 is 0 Å². The van der Waals surface area contributed by atoms with Gasteiger partial charge in [0.1, 0.15) is 5.82 Å². The van der Waals surface area contributed by atoms with Crippen LogP contribution in [0.25, 0.3) is 0 Å². The second-order valence-electron chi connectivity index (χ2n) is 1.97. The summed E-state index contributed by atoms with van der Waals surface area (Å²) in [6.07, 6.45) is 1.77. The molecule has 1 rings (SSSR count). The standard InChI is InChI=1S/C7H11N3/c1-8-10(2)7-5-3-4-6-9-7/h3-6,8H,1-2H3. The summed E-state index contributed by atoms with van der Waals surface area (Å²) in [6.45, 7) is 0. The Morgan fingerprint density at radius 1 is 1.50 bits per heavy atom. The molecule has 10 heavy (non-hydrogen) atoms. The number of nitrogens with zero attached hydrogens (tertiary/aromatic N) is 2. The number of hydrazine groups is 1. The van der Waals surface area contributed by atoms with Crippen molar-refractivity contribution >= 4 is 5.82 Å². The normalized spacial score (nSPS) is 9.40. The van der Waals surface area contributed by atoms with Crippen molar-refractivity contribution in [1.82, 2.24) is 10.4 Å². The molecule has 0 saturated carbocycles. The van der Waals surface area contributed by atoms with Gasteiger partial charge in [0.05, 0.1) is 0 Å². The molecule has 3 nitrogen and oxygen atoms in total. The fourth-order valence-corrected chi connectivity index (χ4v) is 0.667. The van der Waals surface area contributed by atoms with Gasteiger partial charge >= 0.3 is 0 Å². The van der Waals surface area contributed by atoms with Gasteiger partial charge in [0.15, 0.2) is 0 Å². The summed E-state index contributed by atoms with van der Waals surface area (Å²) in [4.78, 5) is 4.11. The second-order valence-corrected chi connectivity index (χ2v) is 1.97. The first-order valence-corrected chi connectivity index (χ1v) is 3.16. The van der Waals surface area contributed by atoms with E-state index >= 15 is 0 Å². The minimum absolute atomic E-state index is 0.921. The lowest BCUT2D eigenvalue weighted by atomic mass is 10.5. The zero-order valence-electron chi connectivity index (χ0n) is 6.20. The molecule has 0 aliphatic carbocycles. The lowest BCUT2D eigenvalue weighted by Gasteiger charge is -2.14. The van der Waals surface area contributed by atoms with Crippen LogP contribution in [0.4, 0.5) is 5.82 Å². The molecule has 0 fully saturated rings. The first-order chi connectivity index (χ1) is 4.84. The lowest BCUT2D eigenvalue weighted by Crippen LogP contribution is -2.30. The average molecular weight is 137 g/mol. The summed E-state index contributed by atoms with van der Waals surface area (Å²) in [5, 5.41) is 1.85. The monoisotopic (exact) mass is 137 g/mol. The summed E-state index contributed by atoms with van der Waals surface area (Å²) in [5.41, 5.74) is 2.95. The topological polar surface area (TPSA) is 28.2 Å². The van der Waals surface area contributed by atoms with E-state index in [1.165, 1.54) is 0 Å². The van der Waals surface area contributed by atoms with E-state index in [1.807, 2.05) is 37.3 Å². The molecule has 1 N–H and O–H groups in total. The highest BCUT2D eigenvalue weighted by molar-refractivity contribution is 5.34. The highest BCUT2D eigenvalue weighted by atomic mass is 15.5. The van der Waals surface area contributed by atoms with Crippen LogP contribution in [0.1, 0.15) is 0 Å². The molecule has 0 radical (unpaired) electrons. The van der Waals surface area contributed by atoms with Crippen molar-refractivity contribution in [3.05, 3.63) is 24.4 Å². The van der Waals surface area contributed by atoms with E-state index in [9.17, 15) is 0 Å². The number of hydrogen-bond acceptors (Lipinski definition) is 3. The summed E-state index contributed by atoms with van der Waals surface area (Å²) < 4.78 is 0. The molecular formula is C7H11N3. The fourth-order valence-electron chi connectivity index (χ4n) is 0.667. The number of rotatable bonds is 2. The molecule has 0 amide bonds. The predicted molar refractivity (Wildman–Crippen MR) is 41.7 cm³/mol. The molecule has 1 aromatic heterocycles. The maximum absolute atomic E-state index is 4.11. The van der Waals surface area contributed by atoms with E-state index in [1.54, 1.807) is 6.20 Å².